The lowest BCUT2D eigenvalue weighted by Gasteiger charge is -2.26. The summed E-state index contributed by atoms with van der Waals surface area (Å²) in [4.78, 5) is 12.4. The number of aromatic nitrogens is 1. The quantitative estimate of drug-likeness (QED) is 0.911. The second-order valence-corrected chi connectivity index (χ2v) is 5.12. The number of aryl methyl sites for hydroxylation is 1. The molecule has 4 heteroatoms. The third kappa shape index (κ3) is 2.18. The third-order valence-corrected chi connectivity index (χ3v) is 3.87. The SMILES string of the molecule is Cc1ccc(C(=O)NC2CCOc3ccccc32)n1C. The summed E-state index contributed by atoms with van der Waals surface area (Å²) >= 11 is 0. The predicted molar refractivity (Wildman–Crippen MR) is 76.9 cm³/mol. The molecule has 0 bridgehead atoms. The Bertz CT molecular complexity index is 646. The van der Waals surface area contributed by atoms with E-state index in [9.17, 15) is 4.79 Å². The number of nitrogens with zero attached hydrogens (tertiary/aromatic N) is 1. The summed E-state index contributed by atoms with van der Waals surface area (Å²) < 4.78 is 7.52. The van der Waals surface area contributed by atoms with Gasteiger partial charge in [0.05, 0.1) is 12.6 Å². The Morgan fingerprint density at radius 3 is 2.85 bits per heavy atom. The second kappa shape index (κ2) is 5.04. The fourth-order valence-electron chi connectivity index (χ4n) is 2.57. The molecule has 1 N–H and O–H groups in total. The first kappa shape index (κ1) is 12.8. The van der Waals surface area contributed by atoms with E-state index < -0.39 is 0 Å². The van der Waals surface area contributed by atoms with Crippen molar-refractivity contribution in [1.82, 2.24) is 9.88 Å². The molecule has 1 aromatic heterocycles. The van der Waals surface area contributed by atoms with Crippen LogP contribution in [0.3, 0.4) is 0 Å². The summed E-state index contributed by atoms with van der Waals surface area (Å²) in [7, 11) is 1.90. The van der Waals surface area contributed by atoms with Crippen LogP contribution in [0.2, 0.25) is 0 Å². The Kier molecular flexibility index (Phi) is 3.22. The maximum Gasteiger partial charge on any atom is 0.268 e. The van der Waals surface area contributed by atoms with Crippen LogP contribution in [0.4, 0.5) is 0 Å². The number of hydrogen-bond donors (Lipinski definition) is 1. The minimum absolute atomic E-state index is 0.0163. The fourth-order valence-corrected chi connectivity index (χ4v) is 2.57. The number of hydrogen-bond acceptors (Lipinski definition) is 2. The van der Waals surface area contributed by atoms with Crippen LogP contribution in [-0.4, -0.2) is 17.1 Å². The van der Waals surface area contributed by atoms with Gasteiger partial charge in [-0.15, -0.1) is 0 Å². The average molecular weight is 270 g/mol. The van der Waals surface area contributed by atoms with Crippen LogP contribution in [0.15, 0.2) is 36.4 Å². The van der Waals surface area contributed by atoms with Gasteiger partial charge in [0, 0.05) is 24.7 Å². The molecule has 1 aliphatic rings. The van der Waals surface area contributed by atoms with E-state index in [1.807, 2.05) is 54.9 Å². The summed E-state index contributed by atoms with van der Waals surface area (Å²) in [5, 5.41) is 3.11. The van der Waals surface area contributed by atoms with Crippen LogP contribution in [0.5, 0.6) is 5.75 Å². The van der Waals surface area contributed by atoms with Crippen molar-refractivity contribution in [3.05, 3.63) is 53.3 Å². The highest BCUT2D eigenvalue weighted by atomic mass is 16.5. The van der Waals surface area contributed by atoms with Gasteiger partial charge in [-0.05, 0) is 25.1 Å². The summed E-state index contributed by atoms with van der Waals surface area (Å²) in [5.41, 5.74) is 2.81. The van der Waals surface area contributed by atoms with E-state index in [-0.39, 0.29) is 11.9 Å². The maximum atomic E-state index is 12.4. The molecule has 4 nitrogen and oxygen atoms in total. The van der Waals surface area contributed by atoms with Crippen LogP contribution in [-0.2, 0) is 7.05 Å². The molecule has 104 valence electrons. The molecule has 1 aliphatic heterocycles. The van der Waals surface area contributed by atoms with Crippen molar-refractivity contribution in [1.29, 1.82) is 0 Å². The lowest BCUT2D eigenvalue weighted by atomic mass is 10.0. The molecule has 1 unspecified atom stereocenters. The lowest BCUT2D eigenvalue weighted by Crippen LogP contribution is -2.33. The molecule has 3 rings (SSSR count). The molecule has 20 heavy (non-hydrogen) atoms. The Balaban J connectivity index is 1.82. The van der Waals surface area contributed by atoms with Gasteiger partial charge in [0.2, 0.25) is 0 Å². The van der Waals surface area contributed by atoms with Gasteiger partial charge in [-0.3, -0.25) is 4.79 Å². The molecule has 1 atom stereocenters. The Morgan fingerprint density at radius 2 is 2.10 bits per heavy atom. The third-order valence-electron chi connectivity index (χ3n) is 3.87. The lowest BCUT2D eigenvalue weighted by molar-refractivity contribution is 0.0916. The van der Waals surface area contributed by atoms with Crippen molar-refractivity contribution < 1.29 is 9.53 Å². The largest absolute Gasteiger partial charge is 0.493 e. The Labute approximate surface area is 118 Å². The topological polar surface area (TPSA) is 43.3 Å². The van der Waals surface area contributed by atoms with E-state index in [0.717, 1.165) is 23.4 Å². The number of carbonyl (C=O) groups is 1. The molecule has 1 amide bonds. The van der Waals surface area contributed by atoms with E-state index >= 15 is 0 Å². The molecule has 0 fully saturated rings. The van der Waals surface area contributed by atoms with Crippen LogP contribution in [0, 0.1) is 6.92 Å². The average Bonchev–Trinajstić information content (AvgIpc) is 2.79. The number of ether oxygens (including phenoxy) is 1. The van der Waals surface area contributed by atoms with Crippen LogP contribution in [0.1, 0.15) is 34.2 Å². The van der Waals surface area contributed by atoms with Crippen molar-refractivity contribution in [3.63, 3.8) is 0 Å². The van der Waals surface area contributed by atoms with E-state index in [1.165, 1.54) is 0 Å². The Morgan fingerprint density at radius 1 is 1.30 bits per heavy atom. The van der Waals surface area contributed by atoms with Gasteiger partial charge >= 0.3 is 0 Å². The van der Waals surface area contributed by atoms with Gasteiger partial charge in [-0.25, -0.2) is 0 Å². The Hall–Kier alpha value is -2.23. The zero-order valence-electron chi connectivity index (χ0n) is 11.7. The van der Waals surface area contributed by atoms with Crippen LogP contribution < -0.4 is 10.1 Å². The first-order valence-corrected chi connectivity index (χ1v) is 6.81. The fraction of sp³-hybridized carbons (Fsp3) is 0.312. The molecule has 2 aromatic rings. The standard InChI is InChI=1S/C16H18N2O2/c1-11-7-8-14(18(11)2)16(19)17-13-9-10-20-15-6-4-3-5-12(13)15/h3-8,13H,9-10H2,1-2H3,(H,17,19). The first-order chi connectivity index (χ1) is 9.66. The molecule has 0 radical (unpaired) electrons. The monoisotopic (exact) mass is 270 g/mol. The minimum atomic E-state index is -0.0395. The van der Waals surface area contributed by atoms with Gasteiger partial charge in [0.1, 0.15) is 11.4 Å². The van der Waals surface area contributed by atoms with Gasteiger partial charge in [-0.1, -0.05) is 18.2 Å². The summed E-state index contributed by atoms with van der Waals surface area (Å²) in [6.07, 6.45) is 0.798. The number of nitrogens with one attached hydrogen (secondary N) is 1. The number of amides is 1. The number of carbonyl (C=O) groups excluding carboxylic acids is 1. The van der Waals surface area contributed by atoms with Gasteiger partial charge < -0.3 is 14.6 Å². The van der Waals surface area contributed by atoms with E-state index in [4.69, 9.17) is 4.74 Å². The normalized spacial score (nSPS) is 17.2. The highest BCUT2D eigenvalue weighted by Crippen LogP contribution is 2.31. The first-order valence-electron chi connectivity index (χ1n) is 6.81. The minimum Gasteiger partial charge on any atom is -0.493 e. The molecule has 2 heterocycles. The molecular weight excluding hydrogens is 252 g/mol. The molecular formula is C16H18N2O2. The summed E-state index contributed by atoms with van der Waals surface area (Å²) in [6, 6.07) is 11.7. The zero-order chi connectivity index (χ0) is 14.1. The number of para-hydroxylation sites is 1. The van der Waals surface area contributed by atoms with Gasteiger partial charge in [-0.2, -0.15) is 0 Å². The predicted octanol–water partition coefficient (Wildman–Crippen LogP) is 2.59. The van der Waals surface area contributed by atoms with E-state index in [2.05, 4.69) is 5.32 Å². The van der Waals surface area contributed by atoms with Crippen molar-refractivity contribution in [2.75, 3.05) is 6.61 Å². The van der Waals surface area contributed by atoms with Crippen LogP contribution >= 0.6 is 0 Å². The number of fused-ring (bicyclic) bond motifs is 1. The van der Waals surface area contributed by atoms with Crippen molar-refractivity contribution in [2.24, 2.45) is 7.05 Å². The summed E-state index contributed by atoms with van der Waals surface area (Å²) in [5.74, 6) is 0.828. The zero-order valence-corrected chi connectivity index (χ0v) is 11.7. The molecule has 0 saturated heterocycles. The second-order valence-electron chi connectivity index (χ2n) is 5.12. The van der Waals surface area contributed by atoms with Crippen LogP contribution in [0.25, 0.3) is 0 Å². The number of rotatable bonds is 2. The van der Waals surface area contributed by atoms with E-state index in [0.29, 0.717) is 12.3 Å². The van der Waals surface area contributed by atoms with Gasteiger partial charge in [0.25, 0.3) is 5.91 Å². The molecule has 1 aromatic carbocycles. The van der Waals surface area contributed by atoms with Crippen molar-refractivity contribution in [2.45, 2.75) is 19.4 Å². The van der Waals surface area contributed by atoms with Gasteiger partial charge in [0.15, 0.2) is 0 Å². The smallest absolute Gasteiger partial charge is 0.268 e. The highest BCUT2D eigenvalue weighted by molar-refractivity contribution is 5.93. The molecule has 0 saturated carbocycles. The van der Waals surface area contributed by atoms with Crippen molar-refractivity contribution >= 4 is 5.91 Å². The van der Waals surface area contributed by atoms with E-state index in [1.54, 1.807) is 0 Å². The molecule has 0 spiro atoms. The van der Waals surface area contributed by atoms with Crippen molar-refractivity contribution in [3.8, 4) is 5.75 Å². The highest BCUT2D eigenvalue weighted by Gasteiger charge is 2.23. The number of benzene rings is 1. The molecule has 0 aliphatic carbocycles. The summed E-state index contributed by atoms with van der Waals surface area (Å²) in [6.45, 7) is 2.62. The maximum absolute atomic E-state index is 12.4.